The molecule has 0 saturated heterocycles. The lowest BCUT2D eigenvalue weighted by molar-refractivity contribution is 0.0680. The number of hydrogen-bond acceptors (Lipinski definition) is 10. The van der Waals surface area contributed by atoms with Crippen molar-refractivity contribution in [2.75, 3.05) is 40.5 Å². The van der Waals surface area contributed by atoms with Crippen LogP contribution in [0.2, 0.25) is 0 Å². The number of likely N-dealkylation sites (N-methyl/N-ethyl adjacent to an activating group) is 2. The van der Waals surface area contributed by atoms with E-state index >= 15 is 0 Å². The first kappa shape index (κ1) is 33.0. The fraction of sp³-hybridized carbons (Fsp3) is 0.643. The lowest BCUT2D eigenvalue weighted by Crippen LogP contribution is -2.50. The Morgan fingerprint density at radius 3 is 1.38 bits per heavy atom. The Labute approximate surface area is 239 Å². The normalized spacial score (nSPS) is 18.5. The molecule has 1 aliphatic rings. The van der Waals surface area contributed by atoms with Crippen LogP contribution in [0.15, 0.2) is 36.7 Å². The van der Waals surface area contributed by atoms with Crippen LogP contribution < -0.4 is 10.6 Å². The van der Waals surface area contributed by atoms with Gasteiger partial charge in [0.2, 0.25) is 0 Å². The largest absolute Gasteiger partial charge is 0.361 e. The van der Waals surface area contributed by atoms with Gasteiger partial charge in [-0.3, -0.25) is 28.9 Å². The molecule has 2 aromatic heterocycles. The monoisotopic (exact) mass is 596 g/mol. The Morgan fingerprint density at radius 2 is 1.05 bits per heavy atom. The van der Waals surface area contributed by atoms with E-state index in [1.54, 1.807) is 24.5 Å². The lowest BCUT2D eigenvalue weighted by Gasteiger charge is -2.42. The van der Waals surface area contributed by atoms with Crippen LogP contribution in [0.4, 0.5) is 0 Å². The number of aromatic nitrogens is 2. The third kappa shape index (κ3) is 8.52. The van der Waals surface area contributed by atoms with Crippen LogP contribution in [-0.4, -0.2) is 72.4 Å². The van der Waals surface area contributed by atoms with Crippen molar-refractivity contribution in [2.45, 2.75) is 78.6 Å². The molecular weight excluding hydrogens is 550 g/mol. The van der Waals surface area contributed by atoms with Crippen LogP contribution in [0.1, 0.15) is 64.8 Å². The molecule has 40 heavy (non-hydrogen) atoms. The second-order valence-electron chi connectivity index (χ2n) is 9.93. The summed E-state index contributed by atoms with van der Waals surface area (Å²) in [4.78, 5) is 13.8. The van der Waals surface area contributed by atoms with Crippen molar-refractivity contribution in [1.29, 1.82) is 0 Å². The van der Waals surface area contributed by atoms with E-state index in [1.165, 1.54) is 0 Å². The van der Waals surface area contributed by atoms with E-state index in [0.717, 1.165) is 37.1 Å². The van der Waals surface area contributed by atoms with E-state index in [1.807, 2.05) is 39.8 Å². The second-order valence-corrected chi connectivity index (χ2v) is 14.0. The van der Waals surface area contributed by atoms with E-state index < -0.39 is 15.2 Å². The van der Waals surface area contributed by atoms with Gasteiger partial charge in [0.25, 0.3) is 0 Å². The van der Waals surface area contributed by atoms with Crippen molar-refractivity contribution < 1.29 is 27.2 Å². The minimum atomic E-state index is -3.38. The lowest BCUT2D eigenvalue weighted by atomic mass is 9.88. The number of hydrogen-bond donors (Lipinski definition) is 0. The summed E-state index contributed by atoms with van der Waals surface area (Å²) >= 11 is 0. The first-order chi connectivity index (χ1) is 19.2. The smallest absolute Gasteiger partial charge is 0.305 e. The molecule has 0 spiro atoms. The fourth-order valence-electron chi connectivity index (χ4n) is 5.36. The minimum Gasteiger partial charge on any atom is -0.305 e. The summed E-state index contributed by atoms with van der Waals surface area (Å²) in [5, 5.41) is 1.07. The van der Waals surface area contributed by atoms with Crippen LogP contribution in [-0.2, 0) is 40.3 Å². The highest BCUT2D eigenvalue weighted by molar-refractivity contribution is 7.62. The van der Waals surface area contributed by atoms with Crippen molar-refractivity contribution in [1.82, 2.24) is 19.8 Å². The summed E-state index contributed by atoms with van der Waals surface area (Å²) in [6.07, 6.45) is 7.82. The predicted octanol–water partition coefficient (Wildman–Crippen LogP) is 5.13. The van der Waals surface area contributed by atoms with Gasteiger partial charge in [0.1, 0.15) is 0 Å². The number of pyridine rings is 2. The molecule has 1 aliphatic carbocycles. The summed E-state index contributed by atoms with van der Waals surface area (Å²) < 4.78 is 48.8. The molecule has 10 nitrogen and oxygen atoms in total. The van der Waals surface area contributed by atoms with E-state index in [9.17, 15) is 9.13 Å². The maximum Gasteiger partial charge on any atom is 0.361 e. The third-order valence-corrected chi connectivity index (χ3v) is 11.3. The van der Waals surface area contributed by atoms with Gasteiger partial charge < -0.3 is 18.1 Å². The Kier molecular flexibility index (Phi) is 12.9. The molecule has 1 saturated carbocycles. The number of nitrogens with zero attached hydrogens (tertiary/aromatic N) is 4. The molecule has 12 heteroatoms. The van der Waals surface area contributed by atoms with Gasteiger partial charge >= 0.3 is 15.2 Å². The van der Waals surface area contributed by atoms with Gasteiger partial charge in [-0.1, -0.05) is 12.8 Å². The molecule has 1 fully saturated rings. The van der Waals surface area contributed by atoms with Gasteiger partial charge in [-0.25, -0.2) is 0 Å². The second kappa shape index (κ2) is 15.7. The maximum atomic E-state index is 13.3. The summed E-state index contributed by atoms with van der Waals surface area (Å²) in [5.41, 5.74) is 1.65. The Morgan fingerprint density at radius 1 is 0.700 bits per heavy atom. The molecule has 0 aromatic carbocycles. The van der Waals surface area contributed by atoms with Crippen molar-refractivity contribution in [3.05, 3.63) is 48.0 Å². The zero-order valence-electron chi connectivity index (χ0n) is 24.8. The van der Waals surface area contributed by atoms with Crippen LogP contribution >= 0.6 is 15.2 Å². The average Bonchev–Trinajstić information content (AvgIpc) is 2.94. The Hall–Kier alpha value is -1.48. The Balaban J connectivity index is 1.75. The highest BCUT2D eigenvalue weighted by atomic mass is 31.2. The van der Waals surface area contributed by atoms with Crippen LogP contribution in [0.25, 0.3) is 0 Å². The van der Waals surface area contributed by atoms with E-state index in [-0.39, 0.29) is 0 Å². The molecule has 0 aliphatic heterocycles. The molecule has 2 aromatic rings. The standard InChI is InChI=1S/C28H46N4O6P2/c1-7-35-39(33,36-8-2)25-15-17-29-23(19-25)21-31(5)27-13-11-12-14-28(27)32(6)22-24-20-26(16-18-30-24)40(34,37-9-3)38-10-4/h15-20,27-28H,7-14,21-22H2,1-6H3/t27-,28-/m0/s1. The Bertz CT molecular complexity index is 1060. The van der Waals surface area contributed by atoms with E-state index in [0.29, 0.717) is 62.2 Å². The molecule has 0 amide bonds. The summed E-state index contributed by atoms with van der Waals surface area (Å²) in [5.74, 6) is 0. The fourth-order valence-corrected chi connectivity index (χ4v) is 8.58. The zero-order valence-corrected chi connectivity index (χ0v) is 26.6. The van der Waals surface area contributed by atoms with Gasteiger partial charge in [-0.2, -0.15) is 0 Å². The van der Waals surface area contributed by atoms with Gasteiger partial charge in [0, 0.05) is 37.6 Å². The maximum absolute atomic E-state index is 13.3. The van der Waals surface area contributed by atoms with Gasteiger partial charge in [0.05, 0.1) is 48.4 Å². The molecule has 0 unspecified atom stereocenters. The molecule has 0 radical (unpaired) electrons. The van der Waals surface area contributed by atoms with Crippen molar-refractivity contribution in [3.63, 3.8) is 0 Å². The van der Waals surface area contributed by atoms with Crippen LogP contribution in [0.5, 0.6) is 0 Å². The molecule has 3 rings (SSSR count). The first-order valence-corrected chi connectivity index (χ1v) is 17.4. The highest BCUT2D eigenvalue weighted by Gasteiger charge is 2.33. The molecule has 2 atom stereocenters. The predicted molar refractivity (Wildman–Crippen MR) is 158 cm³/mol. The van der Waals surface area contributed by atoms with Crippen molar-refractivity contribution in [3.8, 4) is 0 Å². The topological polar surface area (TPSA) is 103 Å². The minimum absolute atomic E-state index is 0.302. The quantitative estimate of drug-likeness (QED) is 0.242. The SMILES string of the molecule is CCOP(=O)(OCC)c1ccnc(CN(C)[C@H]2CCCC[C@@H]2N(C)Cc2cc(P(=O)(OCC)OCC)ccn2)c1. The molecule has 0 bridgehead atoms. The third-order valence-electron chi connectivity index (χ3n) is 7.08. The van der Waals surface area contributed by atoms with Gasteiger partial charge in [-0.05, 0) is 78.9 Å². The first-order valence-electron chi connectivity index (χ1n) is 14.3. The zero-order chi connectivity index (χ0) is 29.2. The molecular formula is C28H46N4O6P2. The van der Waals surface area contributed by atoms with E-state index in [2.05, 4.69) is 33.9 Å². The summed E-state index contributed by atoms with van der Waals surface area (Å²) in [7, 11) is -2.52. The van der Waals surface area contributed by atoms with Crippen LogP contribution in [0, 0.1) is 0 Å². The highest BCUT2D eigenvalue weighted by Crippen LogP contribution is 2.47. The van der Waals surface area contributed by atoms with Crippen molar-refractivity contribution in [2.24, 2.45) is 0 Å². The van der Waals surface area contributed by atoms with Crippen LogP contribution in [0.3, 0.4) is 0 Å². The summed E-state index contributed by atoms with van der Waals surface area (Å²) in [6.45, 7) is 9.67. The van der Waals surface area contributed by atoms with Gasteiger partial charge in [0.15, 0.2) is 0 Å². The number of rotatable bonds is 16. The molecule has 2 heterocycles. The summed E-state index contributed by atoms with van der Waals surface area (Å²) in [6, 6.07) is 7.71. The van der Waals surface area contributed by atoms with Crippen molar-refractivity contribution >= 4 is 25.8 Å². The molecule has 0 N–H and O–H groups in total. The van der Waals surface area contributed by atoms with Gasteiger partial charge in [-0.15, -0.1) is 0 Å². The average molecular weight is 597 g/mol. The van der Waals surface area contributed by atoms with E-state index in [4.69, 9.17) is 18.1 Å². The molecule has 224 valence electrons.